The molecule has 90 valence electrons. The smallest absolute Gasteiger partial charge is 0.162 e. The molecule has 0 saturated carbocycles. The zero-order chi connectivity index (χ0) is 12.9. The summed E-state index contributed by atoms with van der Waals surface area (Å²) in [6.07, 6.45) is 0. The fourth-order valence-electron chi connectivity index (χ4n) is 2.40. The third-order valence-corrected chi connectivity index (χ3v) is 3.21. The van der Waals surface area contributed by atoms with Crippen molar-refractivity contribution < 1.29 is 0 Å². The summed E-state index contributed by atoms with van der Waals surface area (Å²) in [6.45, 7) is 6.00. The van der Waals surface area contributed by atoms with Crippen LogP contribution in [0.4, 0.5) is 5.69 Å². The minimum atomic E-state index is -0.303. The summed E-state index contributed by atoms with van der Waals surface area (Å²) >= 11 is 0. The number of benzene rings is 1. The van der Waals surface area contributed by atoms with Crippen LogP contribution in [0.3, 0.4) is 0 Å². The molecule has 18 heavy (non-hydrogen) atoms. The quantitative estimate of drug-likeness (QED) is 0.764. The van der Waals surface area contributed by atoms with Gasteiger partial charge >= 0.3 is 0 Å². The molecule has 0 amide bonds. The maximum absolute atomic E-state index is 9.25. The van der Waals surface area contributed by atoms with E-state index in [1.807, 2.05) is 29.7 Å². The van der Waals surface area contributed by atoms with Gasteiger partial charge < -0.3 is 5.32 Å². The van der Waals surface area contributed by atoms with Crippen molar-refractivity contribution in [2.75, 3.05) is 5.32 Å². The largest absolute Gasteiger partial charge is 0.371 e. The van der Waals surface area contributed by atoms with Crippen LogP contribution >= 0.6 is 0 Å². The number of fused-ring (bicyclic) bond motifs is 3. The van der Waals surface area contributed by atoms with Crippen molar-refractivity contribution in [3.8, 4) is 11.8 Å². The minimum absolute atomic E-state index is 0.303. The van der Waals surface area contributed by atoms with Crippen molar-refractivity contribution in [3.63, 3.8) is 0 Å². The summed E-state index contributed by atoms with van der Waals surface area (Å²) in [7, 11) is 0. The molecular weight excluding hydrogens is 226 g/mol. The predicted molar refractivity (Wildman–Crippen MR) is 67.5 cm³/mol. The van der Waals surface area contributed by atoms with Crippen LogP contribution in [0.5, 0.6) is 0 Å². The van der Waals surface area contributed by atoms with Crippen LogP contribution in [-0.4, -0.2) is 14.8 Å². The van der Waals surface area contributed by atoms with Crippen LogP contribution in [0.1, 0.15) is 31.1 Å². The van der Waals surface area contributed by atoms with Crippen molar-refractivity contribution in [2.24, 2.45) is 0 Å². The highest BCUT2D eigenvalue weighted by atomic mass is 15.3. The number of anilines is 1. The van der Waals surface area contributed by atoms with E-state index in [1.54, 1.807) is 0 Å². The minimum Gasteiger partial charge on any atom is -0.371 e. The van der Waals surface area contributed by atoms with Gasteiger partial charge in [-0.1, -0.05) is 6.07 Å². The SMILES string of the molecule is Cc1nnc2n1-c1c(C#N)cccc1NC2(C)C. The molecule has 5 heteroatoms. The number of nitriles is 1. The highest BCUT2D eigenvalue weighted by molar-refractivity contribution is 5.71. The van der Waals surface area contributed by atoms with Crippen LogP contribution in [0, 0.1) is 18.3 Å². The van der Waals surface area contributed by atoms with Crippen molar-refractivity contribution in [1.29, 1.82) is 5.26 Å². The molecule has 1 aliphatic rings. The van der Waals surface area contributed by atoms with E-state index < -0.39 is 0 Å². The second kappa shape index (κ2) is 3.33. The molecule has 2 aromatic rings. The number of hydrogen-bond acceptors (Lipinski definition) is 4. The average Bonchev–Trinajstić information content (AvgIpc) is 2.71. The molecule has 2 heterocycles. The molecule has 1 aromatic heterocycles. The normalized spacial score (nSPS) is 15.2. The lowest BCUT2D eigenvalue weighted by Crippen LogP contribution is -2.36. The van der Waals surface area contributed by atoms with Gasteiger partial charge in [-0.25, -0.2) is 0 Å². The molecule has 0 bridgehead atoms. The van der Waals surface area contributed by atoms with Gasteiger partial charge in [0.15, 0.2) is 5.82 Å². The zero-order valence-electron chi connectivity index (χ0n) is 10.5. The second-order valence-electron chi connectivity index (χ2n) is 4.97. The van der Waals surface area contributed by atoms with Crippen molar-refractivity contribution in [1.82, 2.24) is 14.8 Å². The van der Waals surface area contributed by atoms with Crippen molar-refractivity contribution in [2.45, 2.75) is 26.3 Å². The Morgan fingerprint density at radius 3 is 2.83 bits per heavy atom. The standard InChI is InChI=1S/C13H13N5/c1-8-16-17-12-13(2,3)15-10-6-4-5-9(7-14)11(10)18(8)12/h4-6,15H,1-3H3. The van der Waals surface area contributed by atoms with Crippen molar-refractivity contribution in [3.05, 3.63) is 35.4 Å². The zero-order valence-corrected chi connectivity index (χ0v) is 10.5. The molecular formula is C13H13N5. The summed E-state index contributed by atoms with van der Waals surface area (Å²) < 4.78 is 1.96. The van der Waals surface area contributed by atoms with E-state index in [9.17, 15) is 5.26 Å². The van der Waals surface area contributed by atoms with E-state index in [-0.39, 0.29) is 5.54 Å². The number of nitrogens with one attached hydrogen (secondary N) is 1. The number of aryl methyl sites for hydroxylation is 1. The van der Waals surface area contributed by atoms with Gasteiger partial charge in [-0.2, -0.15) is 5.26 Å². The topological polar surface area (TPSA) is 66.5 Å². The Morgan fingerprint density at radius 1 is 1.33 bits per heavy atom. The third-order valence-electron chi connectivity index (χ3n) is 3.21. The fourth-order valence-corrected chi connectivity index (χ4v) is 2.40. The Morgan fingerprint density at radius 2 is 2.11 bits per heavy atom. The van der Waals surface area contributed by atoms with Gasteiger partial charge in [0.1, 0.15) is 11.9 Å². The molecule has 1 aromatic carbocycles. The van der Waals surface area contributed by atoms with Gasteiger partial charge in [0.05, 0.1) is 22.5 Å². The molecule has 0 fully saturated rings. The van der Waals surface area contributed by atoms with Gasteiger partial charge in [0.25, 0.3) is 0 Å². The highest BCUT2D eigenvalue weighted by Crippen LogP contribution is 2.37. The number of rotatable bonds is 0. The van der Waals surface area contributed by atoms with E-state index in [4.69, 9.17) is 0 Å². The van der Waals surface area contributed by atoms with Gasteiger partial charge in [-0.05, 0) is 32.9 Å². The number of nitrogens with zero attached hydrogens (tertiary/aromatic N) is 4. The predicted octanol–water partition coefficient (Wildman–Crippen LogP) is 2.11. The lowest BCUT2D eigenvalue weighted by Gasteiger charge is -2.34. The molecule has 0 spiro atoms. The molecule has 0 atom stereocenters. The van der Waals surface area contributed by atoms with Crippen LogP contribution in [0.15, 0.2) is 18.2 Å². The average molecular weight is 239 g/mol. The Kier molecular flexibility index (Phi) is 1.99. The first-order valence-corrected chi connectivity index (χ1v) is 5.79. The first-order valence-electron chi connectivity index (χ1n) is 5.79. The highest BCUT2D eigenvalue weighted by Gasteiger charge is 2.34. The first kappa shape index (κ1) is 10.8. The lowest BCUT2D eigenvalue weighted by molar-refractivity contribution is 0.535. The molecule has 0 aliphatic carbocycles. The van der Waals surface area contributed by atoms with Gasteiger partial charge in [0.2, 0.25) is 0 Å². The maximum atomic E-state index is 9.25. The Balaban J connectivity index is 2.41. The van der Waals surface area contributed by atoms with Gasteiger partial charge in [-0.15, -0.1) is 10.2 Å². The maximum Gasteiger partial charge on any atom is 0.162 e. The Labute approximate surface area is 105 Å². The first-order chi connectivity index (χ1) is 8.54. The monoisotopic (exact) mass is 239 g/mol. The fraction of sp³-hybridized carbons (Fsp3) is 0.308. The van der Waals surface area contributed by atoms with Crippen LogP contribution in [0.25, 0.3) is 5.69 Å². The summed E-state index contributed by atoms with van der Waals surface area (Å²) in [5.74, 6) is 1.62. The van der Waals surface area contributed by atoms with E-state index in [1.165, 1.54) is 0 Å². The van der Waals surface area contributed by atoms with Crippen molar-refractivity contribution >= 4 is 5.69 Å². The molecule has 1 N–H and O–H groups in total. The van der Waals surface area contributed by atoms with E-state index in [0.717, 1.165) is 23.0 Å². The second-order valence-corrected chi connectivity index (χ2v) is 4.97. The number of hydrogen-bond donors (Lipinski definition) is 1. The summed E-state index contributed by atoms with van der Waals surface area (Å²) in [5.41, 5.74) is 2.11. The summed E-state index contributed by atoms with van der Waals surface area (Å²) in [6, 6.07) is 7.88. The Hall–Kier alpha value is -2.35. The number of aromatic nitrogens is 3. The van der Waals surface area contributed by atoms with E-state index in [0.29, 0.717) is 5.56 Å². The van der Waals surface area contributed by atoms with Crippen LogP contribution < -0.4 is 5.32 Å². The van der Waals surface area contributed by atoms with E-state index in [2.05, 4.69) is 35.4 Å². The Bertz CT molecular complexity index is 675. The number of para-hydroxylation sites is 1. The van der Waals surface area contributed by atoms with Gasteiger partial charge in [0, 0.05) is 0 Å². The molecule has 0 unspecified atom stereocenters. The van der Waals surface area contributed by atoms with E-state index >= 15 is 0 Å². The molecule has 0 radical (unpaired) electrons. The summed E-state index contributed by atoms with van der Waals surface area (Å²) in [4.78, 5) is 0. The van der Waals surface area contributed by atoms with Crippen LogP contribution in [-0.2, 0) is 5.54 Å². The van der Waals surface area contributed by atoms with Gasteiger partial charge in [-0.3, -0.25) is 4.57 Å². The molecule has 3 rings (SSSR count). The van der Waals surface area contributed by atoms with Crippen LogP contribution in [0.2, 0.25) is 0 Å². The summed E-state index contributed by atoms with van der Waals surface area (Å²) in [5, 5.41) is 21.0. The molecule has 0 saturated heterocycles. The lowest BCUT2D eigenvalue weighted by atomic mass is 9.98. The molecule has 1 aliphatic heterocycles. The molecule has 5 nitrogen and oxygen atoms in total. The third kappa shape index (κ3) is 1.26.